The van der Waals surface area contributed by atoms with Gasteiger partial charge in [-0.3, -0.25) is 9.59 Å². The van der Waals surface area contributed by atoms with E-state index in [1.54, 1.807) is 17.0 Å². The normalized spacial score (nSPS) is 11.8. The first-order chi connectivity index (χ1) is 17.2. The summed E-state index contributed by atoms with van der Waals surface area (Å²) in [6.45, 7) is 6.23. The van der Waals surface area contributed by atoms with Gasteiger partial charge in [0.1, 0.15) is 6.04 Å². The summed E-state index contributed by atoms with van der Waals surface area (Å²) in [7, 11) is 0. The van der Waals surface area contributed by atoms with Gasteiger partial charge in [0, 0.05) is 34.8 Å². The van der Waals surface area contributed by atoms with Crippen molar-refractivity contribution >= 4 is 46.8 Å². The third-order valence-electron chi connectivity index (χ3n) is 5.64. The smallest absolute Gasteiger partial charge is 0.243 e. The summed E-state index contributed by atoms with van der Waals surface area (Å²) >= 11 is 13.8. The Morgan fingerprint density at radius 1 is 0.944 bits per heavy atom. The molecule has 1 atom stereocenters. The highest BCUT2D eigenvalue weighted by molar-refractivity contribution is 7.99. The van der Waals surface area contributed by atoms with Gasteiger partial charge in [0.25, 0.3) is 0 Å². The van der Waals surface area contributed by atoms with Crippen LogP contribution >= 0.6 is 35.0 Å². The zero-order valence-corrected chi connectivity index (χ0v) is 23.2. The largest absolute Gasteiger partial charge is 0.352 e. The molecule has 0 spiro atoms. The molecule has 0 aliphatic carbocycles. The maximum Gasteiger partial charge on any atom is 0.243 e. The van der Waals surface area contributed by atoms with E-state index in [2.05, 4.69) is 11.4 Å². The molecular weight excluding hydrogens is 511 g/mol. The van der Waals surface area contributed by atoms with Crippen LogP contribution in [0.3, 0.4) is 0 Å². The molecular formula is C29H32Cl2N2O2S. The van der Waals surface area contributed by atoms with E-state index in [1.165, 1.54) is 11.8 Å². The first-order valence-corrected chi connectivity index (χ1v) is 13.8. The van der Waals surface area contributed by atoms with Gasteiger partial charge in [0.05, 0.1) is 5.75 Å². The summed E-state index contributed by atoms with van der Waals surface area (Å²) < 4.78 is 0. The van der Waals surface area contributed by atoms with E-state index >= 15 is 0 Å². The standard InChI is InChI=1S/C29H32Cl2N2O2S/c1-20(2)32-29(35)27(15-22-9-5-4-6-10-22)33(17-23-11-7-8-21(3)14-23)28(34)19-36-18-24-12-13-25(30)16-26(24)31/h4-14,16,20,27H,15,17-19H2,1-3H3,(H,32,35). The van der Waals surface area contributed by atoms with E-state index in [-0.39, 0.29) is 23.6 Å². The Labute approximate surface area is 228 Å². The Morgan fingerprint density at radius 3 is 2.33 bits per heavy atom. The molecule has 0 aliphatic rings. The second kappa shape index (κ2) is 13.7. The first-order valence-electron chi connectivity index (χ1n) is 11.9. The van der Waals surface area contributed by atoms with E-state index in [4.69, 9.17) is 23.2 Å². The second-order valence-electron chi connectivity index (χ2n) is 9.11. The van der Waals surface area contributed by atoms with Gasteiger partial charge in [-0.2, -0.15) is 0 Å². The summed E-state index contributed by atoms with van der Waals surface area (Å²) in [5.41, 5.74) is 4.02. The molecule has 7 heteroatoms. The van der Waals surface area contributed by atoms with Crippen LogP contribution in [0, 0.1) is 6.92 Å². The van der Waals surface area contributed by atoms with Crippen LogP contribution in [-0.4, -0.2) is 34.6 Å². The number of nitrogens with one attached hydrogen (secondary N) is 1. The van der Waals surface area contributed by atoms with Crippen molar-refractivity contribution in [3.8, 4) is 0 Å². The molecule has 36 heavy (non-hydrogen) atoms. The summed E-state index contributed by atoms with van der Waals surface area (Å²) in [5.74, 6) is 0.555. The van der Waals surface area contributed by atoms with Gasteiger partial charge in [-0.15, -0.1) is 11.8 Å². The van der Waals surface area contributed by atoms with Crippen LogP contribution in [0.15, 0.2) is 72.8 Å². The fourth-order valence-corrected chi connectivity index (χ4v) is 5.38. The maximum atomic E-state index is 13.7. The van der Waals surface area contributed by atoms with Crippen molar-refractivity contribution in [3.63, 3.8) is 0 Å². The number of aryl methyl sites for hydroxylation is 1. The average molecular weight is 544 g/mol. The summed E-state index contributed by atoms with van der Waals surface area (Å²) in [6.07, 6.45) is 0.435. The highest BCUT2D eigenvalue weighted by Gasteiger charge is 2.30. The van der Waals surface area contributed by atoms with Gasteiger partial charge in [-0.25, -0.2) is 0 Å². The number of benzene rings is 3. The molecule has 1 unspecified atom stereocenters. The van der Waals surface area contributed by atoms with E-state index < -0.39 is 6.04 Å². The molecule has 0 aromatic heterocycles. The van der Waals surface area contributed by atoms with Gasteiger partial charge in [-0.1, -0.05) is 89.4 Å². The third-order valence-corrected chi connectivity index (χ3v) is 7.19. The Balaban J connectivity index is 1.85. The zero-order valence-electron chi connectivity index (χ0n) is 20.8. The van der Waals surface area contributed by atoms with Crippen LogP contribution in [0.1, 0.15) is 36.1 Å². The van der Waals surface area contributed by atoms with Crippen molar-refractivity contribution in [1.82, 2.24) is 10.2 Å². The number of nitrogens with zero attached hydrogens (tertiary/aromatic N) is 1. The van der Waals surface area contributed by atoms with E-state index in [0.29, 0.717) is 28.8 Å². The van der Waals surface area contributed by atoms with Crippen LogP contribution in [0.4, 0.5) is 0 Å². The third kappa shape index (κ3) is 8.58. The van der Waals surface area contributed by atoms with Crippen molar-refractivity contribution in [2.75, 3.05) is 5.75 Å². The Hall–Kier alpha value is -2.47. The summed E-state index contributed by atoms with van der Waals surface area (Å²) in [4.78, 5) is 28.8. The molecule has 0 heterocycles. The van der Waals surface area contributed by atoms with Crippen molar-refractivity contribution < 1.29 is 9.59 Å². The van der Waals surface area contributed by atoms with Gasteiger partial charge >= 0.3 is 0 Å². The van der Waals surface area contributed by atoms with E-state index in [9.17, 15) is 9.59 Å². The lowest BCUT2D eigenvalue weighted by atomic mass is 10.0. The molecule has 3 rings (SSSR count). The van der Waals surface area contributed by atoms with Gasteiger partial charge < -0.3 is 10.2 Å². The molecule has 0 bridgehead atoms. The summed E-state index contributed by atoms with van der Waals surface area (Å²) in [5, 5.41) is 4.18. The molecule has 0 aliphatic heterocycles. The number of hydrogen-bond acceptors (Lipinski definition) is 3. The monoisotopic (exact) mass is 542 g/mol. The molecule has 3 aromatic rings. The predicted molar refractivity (Wildman–Crippen MR) is 152 cm³/mol. The van der Waals surface area contributed by atoms with Crippen LogP contribution in [-0.2, 0) is 28.3 Å². The molecule has 0 fully saturated rings. The quantitative estimate of drug-likeness (QED) is 0.293. The van der Waals surface area contributed by atoms with Crippen LogP contribution in [0.25, 0.3) is 0 Å². The van der Waals surface area contributed by atoms with Crippen molar-refractivity contribution in [2.45, 2.75) is 51.6 Å². The van der Waals surface area contributed by atoms with Crippen molar-refractivity contribution in [2.24, 2.45) is 0 Å². The molecule has 0 saturated heterocycles. The molecule has 1 N–H and O–H groups in total. The molecule has 190 valence electrons. The minimum Gasteiger partial charge on any atom is -0.352 e. The molecule has 0 saturated carbocycles. The maximum absolute atomic E-state index is 13.7. The van der Waals surface area contributed by atoms with E-state index in [0.717, 1.165) is 22.3 Å². The van der Waals surface area contributed by atoms with Crippen LogP contribution < -0.4 is 5.32 Å². The Bertz CT molecular complexity index is 1170. The van der Waals surface area contributed by atoms with Gasteiger partial charge in [0.2, 0.25) is 11.8 Å². The molecule has 3 aromatic carbocycles. The number of amides is 2. The predicted octanol–water partition coefficient (Wildman–Crippen LogP) is 6.70. The number of hydrogen-bond donors (Lipinski definition) is 1. The number of carbonyl (C=O) groups is 2. The van der Waals surface area contributed by atoms with Gasteiger partial charge in [0.15, 0.2) is 0 Å². The van der Waals surface area contributed by atoms with Crippen LogP contribution in [0.2, 0.25) is 10.0 Å². The van der Waals surface area contributed by atoms with Crippen LogP contribution in [0.5, 0.6) is 0 Å². The topological polar surface area (TPSA) is 49.4 Å². The molecule has 0 radical (unpaired) electrons. The van der Waals surface area contributed by atoms with Crippen molar-refractivity contribution in [3.05, 3.63) is 105 Å². The zero-order chi connectivity index (χ0) is 26.1. The minimum absolute atomic E-state index is 0.0342. The minimum atomic E-state index is -0.637. The highest BCUT2D eigenvalue weighted by Crippen LogP contribution is 2.25. The molecule has 4 nitrogen and oxygen atoms in total. The molecule has 2 amide bonds. The number of thioether (sulfide) groups is 1. The number of rotatable bonds is 11. The number of halogens is 2. The van der Waals surface area contributed by atoms with Gasteiger partial charge in [-0.05, 0) is 49.6 Å². The Morgan fingerprint density at radius 2 is 1.67 bits per heavy atom. The fourth-order valence-electron chi connectivity index (χ4n) is 3.91. The van der Waals surface area contributed by atoms with Crippen molar-refractivity contribution in [1.29, 1.82) is 0 Å². The highest BCUT2D eigenvalue weighted by atomic mass is 35.5. The average Bonchev–Trinajstić information content (AvgIpc) is 2.83. The lowest BCUT2D eigenvalue weighted by Crippen LogP contribution is -2.52. The van der Waals surface area contributed by atoms with E-state index in [1.807, 2.05) is 75.4 Å². The SMILES string of the molecule is Cc1cccc(CN(C(=O)CSCc2ccc(Cl)cc2Cl)C(Cc2ccccc2)C(=O)NC(C)C)c1. The lowest BCUT2D eigenvalue weighted by molar-refractivity contribution is -0.139. The summed E-state index contributed by atoms with van der Waals surface area (Å²) in [6, 6.07) is 22.6. The Kier molecular flexibility index (Phi) is 10.7. The second-order valence-corrected chi connectivity index (χ2v) is 10.9. The fraction of sp³-hybridized carbons (Fsp3) is 0.310. The lowest BCUT2D eigenvalue weighted by Gasteiger charge is -2.32. The number of carbonyl (C=O) groups excluding carboxylic acids is 2. The first kappa shape index (κ1) is 28.1.